The highest BCUT2D eigenvalue weighted by atomic mass is 19.1. The Balaban J connectivity index is 1.79. The van der Waals surface area contributed by atoms with Crippen molar-refractivity contribution in [3.8, 4) is 5.75 Å². The summed E-state index contributed by atoms with van der Waals surface area (Å²) in [4.78, 5) is 16.8. The first-order valence-electron chi connectivity index (χ1n) is 11.0. The van der Waals surface area contributed by atoms with Gasteiger partial charge in [-0.05, 0) is 42.2 Å². The van der Waals surface area contributed by atoms with Crippen LogP contribution in [-0.2, 0) is 22.6 Å². The average molecular weight is 416 g/mol. The van der Waals surface area contributed by atoms with Crippen molar-refractivity contribution in [2.24, 2.45) is 0 Å². The van der Waals surface area contributed by atoms with Crippen molar-refractivity contribution in [2.45, 2.75) is 65.3 Å². The van der Waals surface area contributed by atoms with E-state index in [1.165, 1.54) is 45.1 Å². The van der Waals surface area contributed by atoms with Gasteiger partial charge in [0, 0.05) is 13.5 Å². The molecule has 0 radical (unpaired) electrons. The molecule has 0 unspecified atom stereocenters. The number of carbonyl (C=O) groups is 1. The molecule has 0 saturated heterocycles. The summed E-state index contributed by atoms with van der Waals surface area (Å²) in [5.74, 6) is 0.215. The first-order valence-corrected chi connectivity index (χ1v) is 11.0. The van der Waals surface area contributed by atoms with E-state index < -0.39 is 0 Å². The number of ether oxygens (including phenoxy) is 1. The summed E-state index contributed by atoms with van der Waals surface area (Å²) in [7, 11) is 0. The number of hydrogen-bond donors (Lipinski definition) is 0. The second-order valence-electron chi connectivity index (χ2n) is 7.55. The lowest BCUT2D eigenvalue weighted by Crippen LogP contribution is -2.28. The van der Waals surface area contributed by atoms with Gasteiger partial charge >= 0.3 is 5.97 Å². The van der Waals surface area contributed by atoms with Gasteiger partial charge < -0.3 is 9.57 Å². The average Bonchev–Trinajstić information content (AvgIpc) is 2.73. The molecule has 2 aromatic carbocycles. The molecule has 0 amide bonds. The van der Waals surface area contributed by atoms with Crippen LogP contribution in [0, 0.1) is 5.82 Å². The van der Waals surface area contributed by atoms with Crippen molar-refractivity contribution in [3.05, 3.63) is 65.5 Å². The monoisotopic (exact) mass is 415 g/mol. The van der Waals surface area contributed by atoms with Crippen molar-refractivity contribution in [1.29, 1.82) is 0 Å². The number of nitrogens with zero attached hydrogens (tertiary/aromatic N) is 1. The molecule has 0 aliphatic rings. The predicted molar refractivity (Wildman–Crippen MR) is 118 cm³/mol. The highest BCUT2D eigenvalue weighted by molar-refractivity contribution is 5.65. The normalized spacial score (nSPS) is 10.9. The number of rotatable bonds is 14. The molecule has 2 rings (SSSR count). The lowest BCUT2D eigenvalue weighted by Gasteiger charge is -2.21. The first-order chi connectivity index (χ1) is 14.6. The Kier molecular flexibility index (Phi) is 10.9. The van der Waals surface area contributed by atoms with Crippen LogP contribution < -0.4 is 4.74 Å². The molecule has 30 heavy (non-hydrogen) atoms. The summed E-state index contributed by atoms with van der Waals surface area (Å²) in [6.45, 7) is 5.17. The number of benzene rings is 2. The Hall–Kier alpha value is -2.40. The molecule has 0 aliphatic heterocycles. The summed E-state index contributed by atoms with van der Waals surface area (Å²) in [5.41, 5.74) is 1.60. The highest BCUT2D eigenvalue weighted by Crippen LogP contribution is 2.16. The molecule has 0 bridgehead atoms. The Morgan fingerprint density at radius 1 is 0.967 bits per heavy atom. The Morgan fingerprint density at radius 3 is 2.37 bits per heavy atom. The van der Waals surface area contributed by atoms with Crippen molar-refractivity contribution >= 4 is 5.97 Å². The van der Waals surface area contributed by atoms with Gasteiger partial charge in [-0.3, -0.25) is 4.79 Å². The molecule has 5 heteroatoms. The predicted octanol–water partition coefficient (Wildman–Crippen LogP) is 6.09. The van der Waals surface area contributed by atoms with E-state index in [-0.39, 0.29) is 11.8 Å². The van der Waals surface area contributed by atoms with E-state index >= 15 is 0 Å². The quantitative estimate of drug-likeness (QED) is 0.276. The van der Waals surface area contributed by atoms with Crippen LogP contribution in [0.3, 0.4) is 0 Å². The molecule has 0 atom stereocenters. The molecule has 164 valence electrons. The van der Waals surface area contributed by atoms with Gasteiger partial charge in [-0.25, -0.2) is 4.39 Å². The van der Waals surface area contributed by atoms with Gasteiger partial charge in [-0.1, -0.05) is 69.4 Å². The van der Waals surface area contributed by atoms with Crippen molar-refractivity contribution in [3.63, 3.8) is 0 Å². The van der Waals surface area contributed by atoms with Crippen LogP contribution in [-0.4, -0.2) is 24.2 Å². The molecule has 2 aromatic rings. The SMILES string of the molecule is CCCCCCCCOc1ccc(CN(CCc2ccccc2F)OC(C)=O)cc1. The van der Waals surface area contributed by atoms with Gasteiger partial charge in [0.1, 0.15) is 11.6 Å². The number of halogens is 1. The lowest BCUT2D eigenvalue weighted by molar-refractivity contribution is -0.190. The second-order valence-corrected chi connectivity index (χ2v) is 7.55. The molecular formula is C25H34FNO3. The van der Waals surface area contributed by atoms with E-state index in [9.17, 15) is 9.18 Å². The molecule has 4 nitrogen and oxygen atoms in total. The molecule has 0 spiro atoms. The molecule has 0 N–H and O–H groups in total. The summed E-state index contributed by atoms with van der Waals surface area (Å²) in [6.07, 6.45) is 7.89. The van der Waals surface area contributed by atoms with Crippen molar-refractivity contribution in [2.75, 3.05) is 13.2 Å². The van der Waals surface area contributed by atoms with Crippen LogP contribution in [0.2, 0.25) is 0 Å². The molecule has 0 aliphatic carbocycles. The third-order valence-corrected chi connectivity index (χ3v) is 4.89. The van der Waals surface area contributed by atoms with E-state index in [4.69, 9.17) is 9.57 Å². The number of hydrogen-bond acceptors (Lipinski definition) is 4. The van der Waals surface area contributed by atoms with Crippen molar-refractivity contribution < 1.29 is 18.8 Å². The van der Waals surface area contributed by atoms with E-state index in [1.807, 2.05) is 24.3 Å². The smallest absolute Gasteiger partial charge is 0.322 e. The van der Waals surface area contributed by atoms with Gasteiger partial charge in [0.25, 0.3) is 0 Å². The van der Waals surface area contributed by atoms with Gasteiger partial charge in [0.05, 0.1) is 13.2 Å². The van der Waals surface area contributed by atoms with Crippen LogP contribution in [0.4, 0.5) is 4.39 Å². The maximum Gasteiger partial charge on any atom is 0.322 e. The Morgan fingerprint density at radius 2 is 1.67 bits per heavy atom. The van der Waals surface area contributed by atoms with E-state index in [0.717, 1.165) is 24.3 Å². The van der Waals surface area contributed by atoms with E-state index in [2.05, 4.69) is 6.92 Å². The zero-order valence-corrected chi connectivity index (χ0v) is 18.2. The molecule has 0 fully saturated rings. The fourth-order valence-electron chi connectivity index (χ4n) is 3.25. The first kappa shape index (κ1) is 23.9. The molecular weight excluding hydrogens is 381 g/mol. The Labute approximate surface area is 180 Å². The van der Waals surface area contributed by atoms with Crippen LogP contribution in [0.1, 0.15) is 63.5 Å². The minimum absolute atomic E-state index is 0.243. The number of carbonyl (C=O) groups excluding carboxylic acids is 1. The standard InChI is InChI=1S/C25H34FNO3/c1-3-4-5-6-7-10-19-29-24-15-13-22(14-16-24)20-27(30-21(2)28)18-17-23-11-8-9-12-25(23)26/h8-9,11-16H,3-7,10,17-20H2,1-2H3. The third kappa shape index (κ3) is 9.40. The van der Waals surface area contributed by atoms with Gasteiger partial charge in [0.2, 0.25) is 0 Å². The second kappa shape index (κ2) is 13.8. The Bertz CT molecular complexity index is 748. The summed E-state index contributed by atoms with van der Waals surface area (Å²) in [6, 6.07) is 14.5. The number of unbranched alkanes of at least 4 members (excludes halogenated alkanes) is 5. The van der Waals surface area contributed by atoms with Crippen LogP contribution in [0.15, 0.2) is 48.5 Å². The summed E-state index contributed by atoms with van der Waals surface area (Å²) in [5, 5.41) is 1.57. The van der Waals surface area contributed by atoms with E-state index in [1.54, 1.807) is 23.3 Å². The maximum absolute atomic E-state index is 13.8. The van der Waals surface area contributed by atoms with Crippen LogP contribution in [0.5, 0.6) is 5.75 Å². The van der Waals surface area contributed by atoms with Gasteiger partial charge in [0.15, 0.2) is 0 Å². The third-order valence-electron chi connectivity index (χ3n) is 4.89. The minimum atomic E-state index is -0.387. The fraction of sp³-hybridized carbons (Fsp3) is 0.480. The summed E-state index contributed by atoms with van der Waals surface area (Å²) >= 11 is 0. The van der Waals surface area contributed by atoms with Gasteiger partial charge in [-0.15, -0.1) is 5.06 Å². The largest absolute Gasteiger partial charge is 0.494 e. The maximum atomic E-state index is 13.8. The molecule has 0 saturated carbocycles. The zero-order chi connectivity index (χ0) is 21.6. The van der Waals surface area contributed by atoms with Crippen LogP contribution in [0.25, 0.3) is 0 Å². The van der Waals surface area contributed by atoms with Crippen LogP contribution >= 0.6 is 0 Å². The lowest BCUT2D eigenvalue weighted by atomic mass is 10.1. The molecule has 0 aromatic heterocycles. The number of hydroxylamine groups is 2. The summed E-state index contributed by atoms with van der Waals surface area (Å²) < 4.78 is 19.7. The highest BCUT2D eigenvalue weighted by Gasteiger charge is 2.12. The van der Waals surface area contributed by atoms with Crippen molar-refractivity contribution in [1.82, 2.24) is 5.06 Å². The zero-order valence-electron chi connectivity index (χ0n) is 18.2. The van der Waals surface area contributed by atoms with Gasteiger partial charge in [-0.2, -0.15) is 0 Å². The fourth-order valence-corrected chi connectivity index (χ4v) is 3.25. The van der Waals surface area contributed by atoms with E-state index in [0.29, 0.717) is 25.1 Å². The molecule has 0 heterocycles. The topological polar surface area (TPSA) is 38.8 Å². The minimum Gasteiger partial charge on any atom is -0.494 e.